The molecule has 1 aromatic rings. The van der Waals surface area contributed by atoms with Crippen LogP contribution in [-0.2, 0) is 11.2 Å². The Labute approximate surface area is 221 Å². The van der Waals surface area contributed by atoms with Crippen LogP contribution >= 0.6 is 0 Å². The molecule has 6 atom stereocenters. The van der Waals surface area contributed by atoms with E-state index >= 15 is 0 Å². The first-order chi connectivity index (χ1) is 13.9. The smallest absolute Gasteiger partial charge is 0.303 e. The maximum atomic E-state index is 10.8. The van der Waals surface area contributed by atoms with Gasteiger partial charge < -0.3 is 20.1 Å². The standard InChI is InChI=1S/C24H30O5.K/c1-3-4-7-15(2)19(25)13-12-17-20(26)14-21-23(17)18-10-5-8-16(24(18)29-21)9-6-11-22(27)28;/h5,8,10,12-13,15,17,19-21,23,25-26H,6-7,9,11,14H2,1-2H3,(H,27,28);/b13-12+;/t15?,17-,19+,20+,21-,23-;/m0./s1. The molecule has 3 N–H and O–H groups in total. The zero-order valence-corrected chi connectivity index (χ0v) is 21.2. The van der Waals surface area contributed by atoms with Crippen LogP contribution in [0.1, 0.15) is 56.6 Å². The molecule has 3 rings (SSSR count). The minimum atomic E-state index is -0.790. The predicted octanol–water partition coefficient (Wildman–Crippen LogP) is 2.91. The maximum Gasteiger partial charge on any atom is 0.303 e. The Morgan fingerprint density at radius 1 is 1.40 bits per heavy atom. The van der Waals surface area contributed by atoms with E-state index in [1.165, 1.54) is 0 Å². The summed E-state index contributed by atoms with van der Waals surface area (Å²) in [7, 11) is 0. The normalized spacial score (nSPS) is 26.0. The molecule has 1 fully saturated rings. The van der Waals surface area contributed by atoms with Gasteiger partial charge in [0.1, 0.15) is 11.9 Å². The number of hydrogen-bond donors (Lipinski definition) is 3. The van der Waals surface area contributed by atoms with Gasteiger partial charge in [0.05, 0.1) is 12.2 Å². The van der Waals surface area contributed by atoms with E-state index in [2.05, 4.69) is 11.8 Å². The van der Waals surface area contributed by atoms with E-state index in [1.54, 1.807) is 13.0 Å². The van der Waals surface area contributed by atoms with E-state index < -0.39 is 18.2 Å². The molecule has 5 nitrogen and oxygen atoms in total. The molecule has 0 amide bonds. The summed E-state index contributed by atoms with van der Waals surface area (Å²) < 4.78 is 6.21. The van der Waals surface area contributed by atoms with Crippen molar-refractivity contribution in [1.29, 1.82) is 0 Å². The Morgan fingerprint density at radius 3 is 2.87 bits per heavy atom. The Balaban J connectivity index is 0.00000320. The molecule has 2 aliphatic rings. The van der Waals surface area contributed by atoms with Crippen molar-refractivity contribution in [2.45, 2.75) is 70.2 Å². The molecule has 0 spiro atoms. The molecule has 1 aliphatic heterocycles. The van der Waals surface area contributed by atoms with Gasteiger partial charge in [-0.3, -0.25) is 4.79 Å². The van der Waals surface area contributed by atoms with Gasteiger partial charge in [-0.2, -0.15) is 0 Å². The van der Waals surface area contributed by atoms with E-state index in [-0.39, 0.29) is 81.7 Å². The van der Waals surface area contributed by atoms with Crippen LogP contribution < -0.4 is 4.74 Å². The minimum Gasteiger partial charge on any atom is -0.489 e. The monoisotopic (exact) mass is 437 g/mol. The van der Waals surface area contributed by atoms with Gasteiger partial charge in [-0.05, 0) is 31.2 Å². The van der Waals surface area contributed by atoms with Crippen molar-refractivity contribution in [2.24, 2.45) is 11.8 Å². The Hall–Kier alpha value is -0.654. The van der Waals surface area contributed by atoms with Crippen molar-refractivity contribution in [1.82, 2.24) is 0 Å². The first-order valence-electron chi connectivity index (χ1n) is 10.4. The SMILES string of the molecule is CC#CCC(C)[C@H](O)/C=C/[C@@H]1[C@H]2c3cccc(CCCC(=O)O)c3O[C@H]2C[C@H]1O.[K]. The number of hydrogen-bond acceptors (Lipinski definition) is 4. The number of aliphatic carboxylic acids is 1. The van der Waals surface area contributed by atoms with Gasteiger partial charge in [-0.1, -0.05) is 37.3 Å². The molecule has 1 aromatic carbocycles. The number of aryl methyl sites for hydroxylation is 1. The number of carboxylic acid groups (broad SMARTS) is 1. The summed E-state index contributed by atoms with van der Waals surface area (Å²) in [5.41, 5.74) is 2.11. The zero-order valence-electron chi connectivity index (χ0n) is 18.0. The van der Waals surface area contributed by atoms with E-state index in [9.17, 15) is 15.0 Å². The van der Waals surface area contributed by atoms with Gasteiger partial charge in [0.15, 0.2) is 0 Å². The fraction of sp³-hybridized carbons (Fsp3) is 0.542. The Kier molecular flexibility index (Phi) is 10.1. The number of aliphatic hydroxyl groups excluding tert-OH is 2. The van der Waals surface area contributed by atoms with Crippen molar-refractivity contribution < 1.29 is 24.9 Å². The van der Waals surface area contributed by atoms with Gasteiger partial charge in [0.25, 0.3) is 0 Å². The van der Waals surface area contributed by atoms with E-state index in [4.69, 9.17) is 9.84 Å². The molecule has 30 heavy (non-hydrogen) atoms. The number of fused-ring (bicyclic) bond motifs is 3. The van der Waals surface area contributed by atoms with Gasteiger partial charge >= 0.3 is 5.97 Å². The summed E-state index contributed by atoms with van der Waals surface area (Å²) in [6.07, 6.45) is 5.07. The molecule has 0 saturated heterocycles. The van der Waals surface area contributed by atoms with Gasteiger partial charge in [0.2, 0.25) is 0 Å². The number of carbonyl (C=O) groups is 1. The third-order valence-corrected chi connectivity index (χ3v) is 6.04. The fourth-order valence-corrected chi connectivity index (χ4v) is 4.41. The largest absolute Gasteiger partial charge is 0.489 e. The molecule has 0 bridgehead atoms. The summed E-state index contributed by atoms with van der Waals surface area (Å²) in [6, 6.07) is 6.01. The summed E-state index contributed by atoms with van der Waals surface area (Å²) >= 11 is 0. The van der Waals surface area contributed by atoms with E-state index in [0.717, 1.165) is 16.9 Å². The quantitative estimate of drug-likeness (QED) is 0.331. The topological polar surface area (TPSA) is 87.0 Å². The molecule has 1 unspecified atom stereocenters. The third kappa shape index (κ3) is 5.98. The summed E-state index contributed by atoms with van der Waals surface area (Å²) in [6.45, 7) is 3.75. The van der Waals surface area contributed by atoms with Crippen molar-refractivity contribution in [2.75, 3.05) is 0 Å². The van der Waals surface area contributed by atoms with E-state index in [0.29, 0.717) is 25.7 Å². The van der Waals surface area contributed by atoms with Crippen molar-refractivity contribution >= 4 is 57.4 Å². The van der Waals surface area contributed by atoms with Gasteiger partial charge in [0, 0.05) is 88.0 Å². The average molecular weight is 438 g/mol. The molecular formula is C24H30KO5. The molecule has 1 saturated carbocycles. The van der Waals surface area contributed by atoms with E-state index in [1.807, 2.05) is 31.2 Å². The fourth-order valence-electron chi connectivity index (χ4n) is 4.41. The number of carboxylic acids is 1. The number of aliphatic hydroxyl groups is 2. The number of para-hydroxylation sites is 1. The number of rotatable bonds is 8. The van der Waals surface area contributed by atoms with Crippen LogP contribution in [0.3, 0.4) is 0 Å². The van der Waals surface area contributed by atoms with Gasteiger partial charge in [-0.25, -0.2) is 0 Å². The predicted molar refractivity (Wildman–Crippen MR) is 116 cm³/mol. The first kappa shape index (κ1) is 25.6. The van der Waals surface area contributed by atoms with Crippen LogP contribution in [-0.4, -0.2) is 91.0 Å². The minimum absolute atomic E-state index is 0. The molecule has 6 heteroatoms. The van der Waals surface area contributed by atoms with Crippen LogP contribution in [0.2, 0.25) is 0 Å². The second-order valence-corrected chi connectivity index (χ2v) is 8.13. The first-order valence-corrected chi connectivity index (χ1v) is 10.4. The average Bonchev–Trinajstić information content (AvgIpc) is 3.19. The summed E-state index contributed by atoms with van der Waals surface area (Å²) in [5, 5.41) is 29.9. The van der Waals surface area contributed by atoms with Crippen molar-refractivity contribution in [3.8, 4) is 17.6 Å². The number of benzene rings is 1. The van der Waals surface area contributed by atoms with Crippen LogP contribution in [0.5, 0.6) is 5.75 Å². The van der Waals surface area contributed by atoms with Crippen LogP contribution in [0.15, 0.2) is 30.4 Å². The Bertz CT molecular complexity index is 825. The van der Waals surface area contributed by atoms with Crippen LogP contribution in [0.25, 0.3) is 0 Å². The second kappa shape index (κ2) is 11.8. The number of ether oxygens (including phenoxy) is 1. The van der Waals surface area contributed by atoms with Crippen LogP contribution in [0.4, 0.5) is 0 Å². The molecule has 1 aliphatic carbocycles. The van der Waals surface area contributed by atoms with Crippen LogP contribution in [0, 0.1) is 23.7 Å². The zero-order chi connectivity index (χ0) is 21.0. The van der Waals surface area contributed by atoms with Gasteiger partial charge in [-0.15, -0.1) is 11.8 Å². The van der Waals surface area contributed by atoms with Crippen molar-refractivity contribution in [3.05, 3.63) is 41.5 Å². The summed E-state index contributed by atoms with van der Waals surface area (Å²) in [5.74, 6) is 5.87. The Morgan fingerprint density at radius 2 is 2.17 bits per heavy atom. The summed E-state index contributed by atoms with van der Waals surface area (Å²) in [4.78, 5) is 10.8. The molecular weight excluding hydrogens is 407 g/mol. The molecule has 1 radical (unpaired) electrons. The second-order valence-electron chi connectivity index (χ2n) is 8.13. The molecule has 157 valence electrons. The maximum absolute atomic E-state index is 10.8. The molecule has 1 heterocycles. The third-order valence-electron chi connectivity index (χ3n) is 6.04. The molecule has 0 aromatic heterocycles. The van der Waals surface area contributed by atoms with Crippen molar-refractivity contribution in [3.63, 3.8) is 0 Å².